The quantitative estimate of drug-likeness (QED) is 0.171. The predicted octanol–water partition coefficient (Wildman–Crippen LogP) is 5.83. The Bertz CT molecular complexity index is 1640. The fourth-order valence-electron chi connectivity index (χ4n) is 4.88. The molecule has 1 aromatic heterocycles. The number of hydrogen-bond donors (Lipinski definition) is 3. The SMILES string of the molecule is CC(C)(C)c1ccc(C(=O)N[C@@H](Cc2ccc(-c3ncc(-c4ccc(OCC5CC5)cc4)cn3)cc2)C(=O)NCCC(=O)O)cc1. The van der Waals surface area contributed by atoms with E-state index in [1.54, 1.807) is 24.5 Å². The van der Waals surface area contributed by atoms with Gasteiger partial charge in [-0.1, -0.05) is 69.3 Å². The third-order valence-corrected chi connectivity index (χ3v) is 7.95. The Kier molecular flexibility index (Phi) is 10.1. The first kappa shape index (κ1) is 32.3. The Labute approximate surface area is 269 Å². The Balaban J connectivity index is 1.24. The van der Waals surface area contributed by atoms with Crippen LogP contribution in [0.5, 0.6) is 5.75 Å². The van der Waals surface area contributed by atoms with Crippen molar-refractivity contribution in [3.05, 3.63) is 102 Å². The molecule has 1 fully saturated rings. The van der Waals surface area contributed by atoms with Crippen LogP contribution >= 0.6 is 0 Å². The van der Waals surface area contributed by atoms with Gasteiger partial charge >= 0.3 is 5.97 Å². The Morgan fingerprint density at radius 3 is 2.09 bits per heavy atom. The van der Waals surface area contributed by atoms with Crippen molar-refractivity contribution in [1.82, 2.24) is 20.6 Å². The normalized spacial score (nSPS) is 13.5. The van der Waals surface area contributed by atoms with Gasteiger partial charge < -0.3 is 20.5 Å². The van der Waals surface area contributed by atoms with Crippen LogP contribution in [-0.2, 0) is 21.4 Å². The van der Waals surface area contributed by atoms with Crippen LogP contribution in [0.3, 0.4) is 0 Å². The number of rotatable bonds is 13. The predicted molar refractivity (Wildman–Crippen MR) is 176 cm³/mol. The lowest BCUT2D eigenvalue weighted by Crippen LogP contribution is -2.48. The van der Waals surface area contributed by atoms with Crippen LogP contribution in [0, 0.1) is 5.92 Å². The highest BCUT2D eigenvalue weighted by atomic mass is 16.5. The zero-order valence-electron chi connectivity index (χ0n) is 26.5. The molecule has 4 aromatic rings. The number of aliphatic carboxylic acids is 1. The second kappa shape index (κ2) is 14.4. The molecule has 1 aliphatic carbocycles. The number of benzene rings is 3. The van der Waals surface area contributed by atoms with Crippen molar-refractivity contribution in [3.63, 3.8) is 0 Å². The van der Waals surface area contributed by atoms with Gasteiger partial charge in [0.2, 0.25) is 5.91 Å². The van der Waals surface area contributed by atoms with Gasteiger partial charge in [-0.2, -0.15) is 0 Å². The topological polar surface area (TPSA) is 131 Å². The van der Waals surface area contributed by atoms with Crippen molar-refractivity contribution in [1.29, 1.82) is 0 Å². The van der Waals surface area contributed by atoms with Crippen molar-refractivity contribution in [2.75, 3.05) is 13.2 Å². The smallest absolute Gasteiger partial charge is 0.305 e. The summed E-state index contributed by atoms with van der Waals surface area (Å²) < 4.78 is 5.83. The average molecular weight is 621 g/mol. The first-order valence-corrected chi connectivity index (χ1v) is 15.6. The highest BCUT2D eigenvalue weighted by Crippen LogP contribution is 2.30. The lowest BCUT2D eigenvalue weighted by Gasteiger charge is -2.20. The van der Waals surface area contributed by atoms with E-state index in [1.165, 1.54) is 12.8 Å². The molecule has 0 aliphatic heterocycles. The molecule has 5 rings (SSSR count). The number of carboxylic acids is 1. The number of hydrogen-bond acceptors (Lipinski definition) is 6. The zero-order valence-corrected chi connectivity index (χ0v) is 26.5. The molecule has 9 nitrogen and oxygen atoms in total. The lowest BCUT2D eigenvalue weighted by molar-refractivity contribution is -0.137. The fourth-order valence-corrected chi connectivity index (χ4v) is 4.88. The number of aromatic nitrogens is 2. The number of carbonyl (C=O) groups is 3. The van der Waals surface area contributed by atoms with E-state index in [2.05, 4.69) is 41.4 Å². The van der Waals surface area contributed by atoms with E-state index in [0.29, 0.717) is 17.3 Å². The van der Waals surface area contributed by atoms with Gasteiger partial charge in [0.15, 0.2) is 5.82 Å². The van der Waals surface area contributed by atoms with E-state index in [-0.39, 0.29) is 30.7 Å². The Morgan fingerprint density at radius 2 is 1.50 bits per heavy atom. The Morgan fingerprint density at radius 1 is 0.870 bits per heavy atom. The molecule has 238 valence electrons. The lowest BCUT2D eigenvalue weighted by atomic mass is 9.86. The Hall–Kier alpha value is -5.05. The summed E-state index contributed by atoms with van der Waals surface area (Å²) in [4.78, 5) is 46.3. The summed E-state index contributed by atoms with van der Waals surface area (Å²) in [5.41, 5.74) is 4.99. The number of carbonyl (C=O) groups excluding carboxylic acids is 2. The van der Waals surface area contributed by atoms with E-state index < -0.39 is 17.9 Å². The second-order valence-electron chi connectivity index (χ2n) is 12.8. The summed E-state index contributed by atoms with van der Waals surface area (Å²) in [6.45, 7) is 7.02. The minimum Gasteiger partial charge on any atom is -0.493 e. The monoisotopic (exact) mass is 620 g/mol. The molecule has 9 heteroatoms. The molecule has 0 radical (unpaired) electrons. The largest absolute Gasteiger partial charge is 0.493 e. The number of carboxylic acid groups (broad SMARTS) is 1. The summed E-state index contributed by atoms with van der Waals surface area (Å²) >= 11 is 0. The molecule has 1 aliphatic rings. The van der Waals surface area contributed by atoms with Crippen molar-refractivity contribution in [2.24, 2.45) is 5.92 Å². The molecule has 1 heterocycles. The molecule has 0 bridgehead atoms. The van der Waals surface area contributed by atoms with Crippen LogP contribution in [-0.4, -0.2) is 52.1 Å². The molecular weight excluding hydrogens is 580 g/mol. The van der Waals surface area contributed by atoms with Gasteiger partial charge in [0.1, 0.15) is 11.8 Å². The maximum absolute atomic E-state index is 13.1. The highest BCUT2D eigenvalue weighted by Gasteiger charge is 2.23. The van der Waals surface area contributed by atoms with Gasteiger partial charge in [-0.3, -0.25) is 14.4 Å². The maximum atomic E-state index is 13.1. The molecule has 1 saturated carbocycles. The summed E-state index contributed by atoms with van der Waals surface area (Å²) in [7, 11) is 0. The molecule has 0 spiro atoms. The number of nitrogens with zero attached hydrogens (tertiary/aromatic N) is 2. The molecule has 0 unspecified atom stereocenters. The summed E-state index contributed by atoms with van der Waals surface area (Å²) in [6.07, 6.45) is 6.09. The van der Waals surface area contributed by atoms with Crippen molar-refractivity contribution in [3.8, 4) is 28.3 Å². The molecule has 0 saturated heterocycles. The van der Waals surface area contributed by atoms with Gasteiger partial charge in [-0.25, -0.2) is 9.97 Å². The fraction of sp³-hybridized carbons (Fsp3) is 0.324. The van der Waals surface area contributed by atoms with Gasteiger partial charge in [0, 0.05) is 42.0 Å². The standard InChI is InChI=1S/C37H40N4O5/c1-37(2,3)30-14-10-28(11-15-30)35(44)41-32(36(45)38-19-18-33(42)43)20-24-6-8-27(9-7-24)34-39-21-29(22-40-34)26-12-16-31(17-13-26)46-23-25-4-5-25/h6-17,21-22,25,32H,4-5,18-20,23H2,1-3H3,(H,38,45)(H,41,44)(H,42,43)/t32-/m0/s1. The van der Waals surface area contributed by atoms with E-state index in [4.69, 9.17) is 9.84 Å². The van der Waals surface area contributed by atoms with Crippen LogP contribution in [0.15, 0.2) is 85.2 Å². The summed E-state index contributed by atoms with van der Waals surface area (Å²) in [5, 5.41) is 14.4. The molecule has 46 heavy (non-hydrogen) atoms. The minimum absolute atomic E-state index is 0.0363. The van der Waals surface area contributed by atoms with Gasteiger partial charge in [0.05, 0.1) is 13.0 Å². The maximum Gasteiger partial charge on any atom is 0.305 e. The number of nitrogens with one attached hydrogen (secondary N) is 2. The van der Waals surface area contributed by atoms with E-state index in [1.807, 2.05) is 60.7 Å². The van der Waals surface area contributed by atoms with Gasteiger partial charge in [-0.15, -0.1) is 0 Å². The van der Waals surface area contributed by atoms with E-state index in [0.717, 1.165) is 40.2 Å². The second-order valence-corrected chi connectivity index (χ2v) is 12.8. The molecular formula is C37H40N4O5. The summed E-state index contributed by atoms with van der Waals surface area (Å²) in [5.74, 6) is 0.277. The van der Waals surface area contributed by atoms with Crippen LogP contribution in [0.1, 0.15) is 61.5 Å². The minimum atomic E-state index is -1.02. The number of ether oxygens (including phenoxy) is 1. The van der Waals surface area contributed by atoms with E-state index in [9.17, 15) is 14.4 Å². The molecule has 2 amide bonds. The highest BCUT2D eigenvalue weighted by molar-refractivity contribution is 5.97. The van der Waals surface area contributed by atoms with Gasteiger partial charge in [-0.05, 0) is 65.1 Å². The summed E-state index contributed by atoms with van der Waals surface area (Å²) in [6, 6.07) is 21.8. The number of amides is 2. The van der Waals surface area contributed by atoms with Crippen LogP contribution in [0.2, 0.25) is 0 Å². The van der Waals surface area contributed by atoms with Crippen molar-refractivity contribution >= 4 is 17.8 Å². The third-order valence-electron chi connectivity index (χ3n) is 7.95. The van der Waals surface area contributed by atoms with Crippen molar-refractivity contribution in [2.45, 2.75) is 57.9 Å². The van der Waals surface area contributed by atoms with Crippen molar-refractivity contribution < 1.29 is 24.2 Å². The zero-order chi connectivity index (χ0) is 32.7. The first-order chi connectivity index (χ1) is 22.0. The molecule has 3 N–H and O–H groups in total. The van der Waals surface area contributed by atoms with E-state index >= 15 is 0 Å². The van der Waals surface area contributed by atoms with Crippen LogP contribution in [0.25, 0.3) is 22.5 Å². The third kappa shape index (κ3) is 9.00. The molecule has 3 aromatic carbocycles. The van der Waals surface area contributed by atoms with Crippen LogP contribution < -0.4 is 15.4 Å². The average Bonchev–Trinajstić information content (AvgIpc) is 3.88. The molecule has 1 atom stereocenters. The van der Waals surface area contributed by atoms with Gasteiger partial charge in [0.25, 0.3) is 5.91 Å². The van der Waals surface area contributed by atoms with Crippen LogP contribution in [0.4, 0.5) is 0 Å². The first-order valence-electron chi connectivity index (χ1n) is 15.6.